The van der Waals surface area contributed by atoms with Gasteiger partial charge in [0.25, 0.3) is 0 Å². The summed E-state index contributed by atoms with van der Waals surface area (Å²) in [4.78, 5) is 28.1. The molecule has 9 heteroatoms. The molecule has 6 aliphatic carbocycles. The van der Waals surface area contributed by atoms with Gasteiger partial charge in [0.2, 0.25) is 5.91 Å². The lowest BCUT2D eigenvalue weighted by Gasteiger charge is -2.64. The van der Waals surface area contributed by atoms with E-state index in [-0.39, 0.29) is 58.7 Å². The number of nitrogens with zero attached hydrogens (tertiary/aromatic N) is 2. The number of carboxylic acids is 1. The van der Waals surface area contributed by atoms with Crippen molar-refractivity contribution in [3.63, 3.8) is 0 Å². The van der Waals surface area contributed by atoms with Crippen LogP contribution in [0.5, 0.6) is 0 Å². The SMILES string of the molecule is C[C@@H]1CC(CN(C)CC(=O)O)OC2[C@H]1[C@@]1(C)CCC34C[C@@]35CC[C@H](O[C@H]3CN(C(=O)CC6CC6)CCO3)C(C)(C)[C@@H]5CCC4[C@]1(C)[C@H]2O. The van der Waals surface area contributed by atoms with Crippen LogP contribution in [0.15, 0.2) is 0 Å². The molecule has 9 nitrogen and oxygen atoms in total. The molecule has 0 aromatic heterocycles. The number of aliphatic carboxylic acids is 1. The van der Waals surface area contributed by atoms with Crippen molar-refractivity contribution in [2.75, 3.05) is 39.8 Å². The zero-order valence-electron chi connectivity index (χ0n) is 30.4. The molecule has 2 N–H and O–H groups in total. The minimum atomic E-state index is -0.821. The fraction of sp³-hybridized carbons (Fsp3) is 0.949. The number of morpholine rings is 1. The Bertz CT molecular complexity index is 1300. The van der Waals surface area contributed by atoms with Crippen LogP contribution in [-0.4, -0.2) is 102 Å². The summed E-state index contributed by atoms with van der Waals surface area (Å²) < 4.78 is 19.8. The smallest absolute Gasteiger partial charge is 0.317 e. The number of rotatable bonds is 8. The third-order valence-electron chi connectivity index (χ3n) is 16.6. The van der Waals surface area contributed by atoms with E-state index in [9.17, 15) is 19.8 Å². The summed E-state index contributed by atoms with van der Waals surface area (Å²) >= 11 is 0. The Kier molecular flexibility index (Phi) is 8.02. The minimum Gasteiger partial charge on any atom is -0.480 e. The van der Waals surface area contributed by atoms with Gasteiger partial charge in [-0.15, -0.1) is 0 Å². The quantitative estimate of drug-likeness (QED) is 0.364. The lowest BCUT2D eigenvalue weighted by atomic mass is 9.41. The van der Waals surface area contributed by atoms with Gasteiger partial charge in [-0.05, 0) is 123 Å². The molecule has 0 radical (unpaired) electrons. The molecule has 4 unspecified atom stereocenters. The molecule has 13 atom stereocenters. The van der Waals surface area contributed by atoms with Crippen molar-refractivity contribution in [2.24, 2.45) is 56.7 Å². The Balaban J connectivity index is 0.985. The van der Waals surface area contributed by atoms with Crippen molar-refractivity contribution in [3.05, 3.63) is 0 Å². The van der Waals surface area contributed by atoms with Crippen LogP contribution in [0.25, 0.3) is 0 Å². The highest BCUT2D eigenvalue weighted by molar-refractivity contribution is 5.76. The molecule has 2 heterocycles. The van der Waals surface area contributed by atoms with Gasteiger partial charge in [-0.2, -0.15) is 0 Å². The van der Waals surface area contributed by atoms with Gasteiger partial charge < -0.3 is 29.3 Å². The molecule has 8 rings (SSSR count). The van der Waals surface area contributed by atoms with Crippen LogP contribution in [-0.2, 0) is 23.8 Å². The third kappa shape index (κ3) is 4.79. The molecule has 8 aliphatic rings. The molecule has 270 valence electrons. The number of aliphatic hydroxyl groups is 1. The molecule has 0 aromatic carbocycles. The number of ether oxygens (including phenoxy) is 3. The highest BCUT2D eigenvalue weighted by atomic mass is 16.7. The fourth-order valence-corrected chi connectivity index (χ4v) is 14.2. The first-order chi connectivity index (χ1) is 22.7. The Labute approximate surface area is 287 Å². The van der Waals surface area contributed by atoms with Gasteiger partial charge in [0.05, 0.1) is 44.1 Å². The van der Waals surface area contributed by atoms with Crippen LogP contribution in [0, 0.1) is 56.7 Å². The van der Waals surface area contributed by atoms with Crippen LogP contribution in [0.4, 0.5) is 0 Å². The monoisotopic (exact) mass is 670 g/mol. The summed E-state index contributed by atoms with van der Waals surface area (Å²) in [5.74, 6) is 1.82. The lowest BCUT2D eigenvalue weighted by Crippen LogP contribution is -2.60. The average molecular weight is 671 g/mol. The van der Waals surface area contributed by atoms with E-state index in [1.54, 1.807) is 0 Å². The van der Waals surface area contributed by atoms with Crippen LogP contribution in [0.3, 0.4) is 0 Å². The van der Waals surface area contributed by atoms with Crippen LogP contribution >= 0.6 is 0 Å². The van der Waals surface area contributed by atoms with Crippen molar-refractivity contribution in [1.82, 2.24) is 9.80 Å². The first kappa shape index (κ1) is 33.9. The molecule has 8 fully saturated rings. The maximum Gasteiger partial charge on any atom is 0.317 e. The second-order valence-electron chi connectivity index (χ2n) is 19.1. The number of fused-ring (bicyclic) bond motifs is 4. The van der Waals surface area contributed by atoms with E-state index in [0.717, 1.165) is 25.7 Å². The Morgan fingerprint density at radius 2 is 1.73 bits per heavy atom. The molecule has 2 spiro atoms. The van der Waals surface area contributed by atoms with Gasteiger partial charge in [0, 0.05) is 24.9 Å². The second kappa shape index (κ2) is 11.4. The summed E-state index contributed by atoms with van der Waals surface area (Å²) in [5, 5.41) is 21.8. The van der Waals surface area contributed by atoms with Gasteiger partial charge in [-0.3, -0.25) is 14.5 Å². The number of carbonyl (C=O) groups excluding carboxylic acids is 1. The van der Waals surface area contributed by atoms with E-state index < -0.39 is 12.1 Å². The lowest BCUT2D eigenvalue weighted by molar-refractivity contribution is -0.248. The molecule has 2 saturated heterocycles. The van der Waals surface area contributed by atoms with Crippen LogP contribution in [0.2, 0.25) is 0 Å². The molecule has 1 amide bonds. The number of hydrogen-bond donors (Lipinski definition) is 2. The van der Waals surface area contributed by atoms with E-state index >= 15 is 0 Å². The van der Waals surface area contributed by atoms with E-state index in [2.05, 4.69) is 34.6 Å². The van der Waals surface area contributed by atoms with E-state index in [4.69, 9.17) is 14.2 Å². The average Bonchev–Trinajstić information content (AvgIpc) is 3.93. The largest absolute Gasteiger partial charge is 0.480 e. The zero-order chi connectivity index (χ0) is 34.0. The number of carbonyl (C=O) groups is 2. The number of carboxylic acid groups (broad SMARTS) is 1. The molecular weight excluding hydrogens is 608 g/mol. The van der Waals surface area contributed by atoms with E-state index in [0.29, 0.717) is 67.7 Å². The summed E-state index contributed by atoms with van der Waals surface area (Å²) in [6, 6.07) is 0. The second-order valence-corrected chi connectivity index (χ2v) is 19.1. The van der Waals surface area contributed by atoms with Crippen molar-refractivity contribution < 1.29 is 34.0 Å². The van der Waals surface area contributed by atoms with Gasteiger partial charge in [-0.1, -0.05) is 34.6 Å². The van der Waals surface area contributed by atoms with Crippen molar-refractivity contribution in [1.29, 1.82) is 0 Å². The number of likely N-dealkylation sites (N-methyl/N-ethyl adjacent to an activating group) is 1. The minimum absolute atomic E-state index is 0.00257. The number of aliphatic hydroxyl groups excluding tert-OH is 1. The molecule has 0 bridgehead atoms. The maximum absolute atomic E-state index is 12.9. The van der Waals surface area contributed by atoms with Crippen LogP contribution < -0.4 is 0 Å². The molecular formula is C39H62N2O7. The molecule has 0 aromatic rings. The molecule has 6 saturated carbocycles. The van der Waals surface area contributed by atoms with E-state index in [1.807, 2.05) is 16.8 Å². The standard InChI is InChI=1S/C39H62N2O7/c1-23-17-25(19-40(6)20-30(43)44)47-33-32(23)36(4)13-14-39-22-38(39)12-11-28(35(2,3)26(38)9-10-27(39)37(36,5)34(33)45)48-31-21-41(15-16-46-31)29(42)18-24-7-8-24/h23-28,31-34,45H,7-22H2,1-6H3,(H,43,44)/t23-,25?,26+,27?,28+,31+,32+,33?,34+,36-,37-,38-,39?/m1/s1. The van der Waals surface area contributed by atoms with E-state index in [1.165, 1.54) is 38.5 Å². The number of hydrogen-bond acceptors (Lipinski definition) is 7. The van der Waals surface area contributed by atoms with Gasteiger partial charge >= 0.3 is 5.97 Å². The zero-order valence-corrected chi connectivity index (χ0v) is 30.4. The predicted octanol–water partition coefficient (Wildman–Crippen LogP) is 5.19. The highest BCUT2D eigenvalue weighted by Gasteiger charge is 2.84. The fourth-order valence-electron chi connectivity index (χ4n) is 14.2. The summed E-state index contributed by atoms with van der Waals surface area (Å²) in [7, 11) is 1.85. The Morgan fingerprint density at radius 3 is 2.46 bits per heavy atom. The highest BCUT2D eigenvalue weighted by Crippen LogP contribution is 2.89. The normalized spacial score (nSPS) is 50.5. The van der Waals surface area contributed by atoms with Gasteiger partial charge in [-0.25, -0.2) is 0 Å². The van der Waals surface area contributed by atoms with Gasteiger partial charge in [0.1, 0.15) is 0 Å². The molecule has 48 heavy (non-hydrogen) atoms. The van der Waals surface area contributed by atoms with Gasteiger partial charge in [0.15, 0.2) is 6.29 Å². The van der Waals surface area contributed by atoms with Crippen molar-refractivity contribution in [3.8, 4) is 0 Å². The summed E-state index contributed by atoms with van der Waals surface area (Å²) in [6.07, 6.45) is 11.2. The first-order valence-corrected chi connectivity index (χ1v) is 19.4. The summed E-state index contributed by atoms with van der Waals surface area (Å²) in [5.41, 5.74) is 0.393. The third-order valence-corrected chi connectivity index (χ3v) is 16.6. The van der Waals surface area contributed by atoms with Crippen molar-refractivity contribution in [2.45, 2.75) is 136 Å². The Morgan fingerprint density at radius 1 is 1.00 bits per heavy atom. The number of amides is 1. The summed E-state index contributed by atoms with van der Waals surface area (Å²) in [6.45, 7) is 14.5. The van der Waals surface area contributed by atoms with Crippen molar-refractivity contribution >= 4 is 11.9 Å². The Hall–Kier alpha value is -1.26. The maximum atomic E-state index is 12.9. The first-order valence-electron chi connectivity index (χ1n) is 19.4. The topological polar surface area (TPSA) is 109 Å². The van der Waals surface area contributed by atoms with Crippen LogP contribution in [0.1, 0.15) is 105 Å². The predicted molar refractivity (Wildman–Crippen MR) is 180 cm³/mol. The molecule has 2 aliphatic heterocycles.